The number of benzene rings is 1. The Morgan fingerprint density at radius 2 is 1.97 bits per heavy atom. The Balaban J connectivity index is 2.37. The summed E-state index contributed by atoms with van der Waals surface area (Å²) >= 11 is 5.97. The second kappa shape index (κ2) is 9.62. The summed E-state index contributed by atoms with van der Waals surface area (Å²) in [5.41, 5.74) is 4.66. The zero-order chi connectivity index (χ0) is 25.1. The lowest BCUT2D eigenvalue weighted by molar-refractivity contribution is -0.193. The number of hydrogen-bond acceptors (Lipinski definition) is 5. The quantitative estimate of drug-likeness (QED) is 0.358. The molecule has 0 unspecified atom stereocenters. The summed E-state index contributed by atoms with van der Waals surface area (Å²) in [5.74, 6) is -1.54. The number of halogens is 5. The van der Waals surface area contributed by atoms with Gasteiger partial charge in [0.05, 0.1) is 16.1 Å². The van der Waals surface area contributed by atoms with Crippen molar-refractivity contribution in [2.45, 2.75) is 45.5 Å². The van der Waals surface area contributed by atoms with Gasteiger partial charge in [-0.15, -0.1) is 0 Å². The first-order valence-corrected chi connectivity index (χ1v) is 9.79. The number of nitrogens with zero attached hydrogens (tertiary/aromatic N) is 3. The molecule has 1 heterocycles. The van der Waals surface area contributed by atoms with E-state index in [0.29, 0.717) is 5.56 Å². The number of amides is 1. The van der Waals surface area contributed by atoms with E-state index in [1.54, 1.807) is 6.92 Å². The summed E-state index contributed by atoms with van der Waals surface area (Å²) in [4.78, 5) is 20.4. The van der Waals surface area contributed by atoms with E-state index in [1.807, 2.05) is 6.07 Å². The fourth-order valence-electron chi connectivity index (χ4n) is 2.78. The fourth-order valence-corrected chi connectivity index (χ4v) is 3.00. The van der Waals surface area contributed by atoms with Crippen LogP contribution in [0.2, 0.25) is 5.02 Å². The number of pyridine rings is 1. The summed E-state index contributed by atoms with van der Waals surface area (Å²) in [5, 5.41) is 11.1. The number of nitriles is 1. The number of carbonyl (C=O) groups excluding carboxylic acids is 1. The Labute approximate surface area is 192 Å². The summed E-state index contributed by atoms with van der Waals surface area (Å²) in [7, 11) is 0. The molecule has 2 aromatic rings. The van der Waals surface area contributed by atoms with Crippen molar-refractivity contribution in [2.75, 3.05) is 5.32 Å². The van der Waals surface area contributed by atoms with Crippen LogP contribution in [-0.2, 0) is 10.3 Å². The van der Waals surface area contributed by atoms with Crippen LogP contribution in [0.3, 0.4) is 0 Å². The Hall–Kier alpha value is -3.39. The molecule has 1 atom stereocenters. The van der Waals surface area contributed by atoms with Crippen molar-refractivity contribution in [2.24, 2.45) is 10.7 Å². The third-order valence-corrected chi connectivity index (χ3v) is 4.79. The zero-order valence-corrected chi connectivity index (χ0v) is 18.8. The van der Waals surface area contributed by atoms with E-state index in [9.17, 15) is 22.4 Å². The molecule has 2 rings (SSSR count). The van der Waals surface area contributed by atoms with Gasteiger partial charge >= 0.3 is 6.18 Å². The number of carbonyl (C=O) groups is 1. The van der Waals surface area contributed by atoms with Crippen molar-refractivity contribution in [3.05, 3.63) is 57.6 Å². The van der Waals surface area contributed by atoms with Gasteiger partial charge in [0.25, 0.3) is 11.9 Å². The van der Waals surface area contributed by atoms with E-state index < -0.39 is 35.6 Å². The second-order valence-corrected chi connectivity index (χ2v) is 7.99. The molecule has 33 heavy (non-hydrogen) atoms. The SMILES string of the molecule is Cc1cc(C#N)cnc1C(=O)Nc1cc(Cl)c(F)c(C(C)(C)N=C(N)O[C@@H](C)C(F)(F)F)c1. The molecule has 0 radical (unpaired) electrons. The first kappa shape index (κ1) is 25.9. The highest BCUT2D eigenvalue weighted by atomic mass is 35.5. The molecule has 0 aliphatic carbocycles. The average Bonchev–Trinajstić information content (AvgIpc) is 2.68. The normalized spacial score (nSPS) is 13.3. The van der Waals surface area contributed by atoms with Crippen LogP contribution in [0.25, 0.3) is 0 Å². The molecular formula is C21H20ClF4N5O2. The molecule has 12 heteroatoms. The lowest BCUT2D eigenvalue weighted by atomic mass is 9.94. The minimum atomic E-state index is -4.67. The molecule has 7 nitrogen and oxygen atoms in total. The van der Waals surface area contributed by atoms with Crippen LogP contribution in [0, 0.1) is 24.1 Å². The summed E-state index contributed by atoms with van der Waals surface area (Å²) in [6.45, 7) is 5.11. The molecule has 0 aliphatic rings. The van der Waals surface area contributed by atoms with E-state index in [0.717, 1.165) is 13.0 Å². The Morgan fingerprint density at radius 1 is 1.33 bits per heavy atom. The van der Waals surface area contributed by atoms with Gasteiger partial charge in [0, 0.05) is 17.4 Å². The van der Waals surface area contributed by atoms with E-state index in [-0.39, 0.29) is 27.5 Å². The molecule has 176 valence electrons. The van der Waals surface area contributed by atoms with E-state index in [2.05, 4.69) is 20.0 Å². The number of aliphatic imine (C=N–C) groups is 1. The van der Waals surface area contributed by atoms with Gasteiger partial charge in [-0.1, -0.05) is 11.6 Å². The van der Waals surface area contributed by atoms with Gasteiger partial charge < -0.3 is 15.8 Å². The largest absolute Gasteiger partial charge is 0.453 e. The monoisotopic (exact) mass is 485 g/mol. The van der Waals surface area contributed by atoms with Crippen molar-refractivity contribution in [1.82, 2.24) is 4.98 Å². The smallest absolute Gasteiger partial charge is 0.425 e. The van der Waals surface area contributed by atoms with Crippen LogP contribution in [0.5, 0.6) is 0 Å². The molecule has 0 saturated carbocycles. The van der Waals surface area contributed by atoms with E-state index >= 15 is 0 Å². The molecule has 0 aliphatic heterocycles. The van der Waals surface area contributed by atoms with Crippen LogP contribution in [0.4, 0.5) is 23.2 Å². The first-order chi connectivity index (χ1) is 15.2. The molecule has 1 aromatic heterocycles. The van der Waals surface area contributed by atoms with Crippen LogP contribution in [0.15, 0.2) is 29.4 Å². The van der Waals surface area contributed by atoms with Crippen molar-refractivity contribution >= 4 is 29.2 Å². The number of rotatable bonds is 5. The number of nitrogens with two attached hydrogens (primary N) is 1. The molecule has 0 fully saturated rings. The second-order valence-electron chi connectivity index (χ2n) is 7.59. The summed E-state index contributed by atoms with van der Waals surface area (Å²) < 4.78 is 57.4. The standard InChI is InChI=1S/C21H20ClF4N5O2/c1-10-5-12(8-27)9-29-17(10)18(32)30-13-6-14(16(23)15(22)7-13)20(3,4)31-19(28)33-11(2)21(24,25)26/h5-7,9,11H,1-4H3,(H2,28,31)(H,30,32)/t11-/m0/s1. The molecule has 3 N–H and O–H groups in total. The molecule has 0 saturated heterocycles. The zero-order valence-electron chi connectivity index (χ0n) is 18.0. The van der Waals surface area contributed by atoms with Gasteiger partial charge in [-0.2, -0.15) is 18.4 Å². The first-order valence-electron chi connectivity index (χ1n) is 9.42. The minimum absolute atomic E-state index is 0.0343. The predicted molar refractivity (Wildman–Crippen MR) is 114 cm³/mol. The Kier molecular flexibility index (Phi) is 7.54. The van der Waals surface area contributed by atoms with Crippen LogP contribution in [0.1, 0.15) is 48.0 Å². The van der Waals surface area contributed by atoms with Crippen molar-refractivity contribution in [3.63, 3.8) is 0 Å². The van der Waals surface area contributed by atoms with Gasteiger partial charge in [0.15, 0.2) is 6.10 Å². The van der Waals surface area contributed by atoms with Crippen molar-refractivity contribution < 1.29 is 27.1 Å². The van der Waals surface area contributed by atoms with Crippen LogP contribution >= 0.6 is 11.6 Å². The highest BCUT2D eigenvalue weighted by Gasteiger charge is 2.39. The van der Waals surface area contributed by atoms with Gasteiger partial charge in [0.2, 0.25) is 0 Å². The van der Waals surface area contributed by atoms with Crippen molar-refractivity contribution in [3.8, 4) is 6.07 Å². The van der Waals surface area contributed by atoms with Crippen molar-refractivity contribution in [1.29, 1.82) is 5.26 Å². The molecule has 1 amide bonds. The van der Waals surface area contributed by atoms with Gasteiger partial charge in [-0.25, -0.2) is 14.4 Å². The highest BCUT2D eigenvalue weighted by Crippen LogP contribution is 2.34. The van der Waals surface area contributed by atoms with Crippen LogP contribution in [-0.4, -0.2) is 29.2 Å². The maximum absolute atomic E-state index is 14.8. The minimum Gasteiger partial charge on any atom is -0.453 e. The number of anilines is 1. The number of alkyl halides is 3. The number of aromatic nitrogens is 1. The maximum atomic E-state index is 14.8. The summed E-state index contributed by atoms with van der Waals surface area (Å²) in [6.07, 6.45) is -5.66. The van der Waals surface area contributed by atoms with Gasteiger partial charge in [-0.3, -0.25) is 4.79 Å². The third-order valence-electron chi connectivity index (χ3n) is 4.52. The number of hydrogen-bond donors (Lipinski definition) is 2. The molecule has 1 aromatic carbocycles. The van der Waals surface area contributed by atoms with E-state index in [1.165, 1.54) is 32.2 Å². The number of ether oxygens (including phenoxy) is 1. The molecule has 0 spiro atoms. The van der Waals surface area contributed by atoms with Crippen LogP contribution < -0.4 is 11.1 Å². The predicted octanol–water partition coefficient (Wildman–Crippen LogP) is 4.82. The number of amidine groups is 1. The lowest BCUT2D eigenvalue weighted by Crippen LogP contribution is -2.35. The van der Waals surface area contributed by atoms with Gasteiger partial charge in [0.1, 0.15) is 17.6 Å². The van der Waals surface area contributed by atoms with E-state index in [4.69, 9.17) is 22.6 Å². The number of aryl methyl sites for hydroxylation is 1. The van der Waals surface area contributed by atoms with Gasteiger partial charge in [-0.05, 0) is 51.5 Å². The molecular weight excluding hydrogens is 466 g/mol. The Morgan fingerprint density at radius 3 is 2.52 bits per heavy atom. The highest BCUT2D eigenvalue weighted by molar-refractivity contribution is 6.31. The molecule has 0 bridgehead atoms. The third kappa shape index (κ3) is 6.32. The average molecular weight is 486 g/mol. The Bertz CT molecular complexity index is 1140. The topological polar surface area (TPSA) is 113 Å². The lowest BCUT2D eigenvalue weighted by Gasteiger charge is -2.24. The fraction of sp³-hybridized carbons (Fsp3) is 0.333. The maximum Gasteiger partial charge on any atom is 0.425 e. The summed E-state index contributed by atoms with van der Waals surface area (Å²) in [6, 6.07) is 4.97. The number of nitrogens with one attached hydrogen (secondary N) is 1.